The summed E-state index contributed by atoms with van der Waals surface area (Å²) in [5, 5.41) is 28.9. The highest BCUT2D eigenvalue weighted by Gasteiger charge is 2.66. The number of epoxide rings is 2. The summed E-state index contributed by atoms with van der Waals surface area (Å²) in [6, 6.07) is 5.24. The van der Waals surface area contributed by atoms with Crippen LogP contribution in [0.3, 0.4) is 0 Å². The van der Waals surface area contributed by atoms with Crippen LogP contribution in [-0.4, -0.2) is 213 Å². The zero-order valence-electron chi connectivity index (χ0n) is 68.1. The molecule has 598 valence electrons. The van der Waals surface area contributed by atoms with E-state index in [1.165, 1.54) is 69.9 Å². The van der Waals surface area contributed by atoms with E-state index < -0.39 is 131 Å². The zero-order valence-corrected chi connectivity index (χ0v) is 68.5. The molecule has 17 atom stereocenters. The van der Waals surface area contributed by atoms with Crippen molar-refractivity contribution >= 4 is 95.0 Å². The van der Waals surface area contributed by atoms with Crippen LogP contribution in [0.25, 0.3) is 0 Å². The summed E-state index contributed by atoms with van der Waals surface area (Å²) in [6.07, 6.45) is 3.58. The third-order valence-corrected chi connectivity index (χ3v) is 21.9. The van der Waals surface area contributed by atoms with Crippen molar-refractivity contribution < 1.29 is 98.7 Å². The number of halogens is 2. The Kier molecular flexibility index (Phi) is 30.3. The molecule has 15 unspecified atom stereocenters. The smallest absolute Gasteiger partial charge is 0.409 e. The van der Waals surface area contributed by atoms with Crippen LogP contribution in [0.1, 0.15) is 163 Å². The molecule has 0 spiro atoms. The first-order valence-electron chi connectivity index (χ1n) is 37.4. The van der Waals surface area contributed by atoms with Crippen molar-refractivity contribution in [3.8, 4) is 11.5 Å². The van der Waals surface area contributed by atoms with E-state index in [1.54, 1.807) is 111 Å². The van der Waals surface area contributed by atoms with E-state index in [4.69, 9.17) is 73.3 Å². The van der Waals surface area contributed by atoms with E-state index in [0.29, 0.717) is 48.6 Å². The van der Waals surface area contributed by atoms with Gasteiger partial charge in [-0.15, -0.1) is 0 Å². The molecule has 0 aliphatic carbocycles. The van der Waals surface area contributed by atoms with Crippen molar-refractivity contribution in [2.75, 3.05) is 66.4 Å². The third kappa shape index (κ3) is 22.0. The van der Waals surface area contributed by atoms with Crippen LogP contribution in [0, 0.1) is 17.3 Å². The highest BCUT2D eigenvalue weighted by atomic mass is 35.5. The number of ether oxygens (including phenoxy) is 10. The first-order chi connectivity index (χ1) is 51.0. The Balaban J connectivity index is 0.000000374. The van der Waals surface area contributed by atoms with Crippen LogP contribution in [-0.2, 0) is 79.5 Å². The molecular formula is C78H116Cl2N6O20S. The maximum Gasteiger partial charge on any atom is 0.409 e. The minimum atomic E-state index is -1.82. The number of thiol groups is 1. The fraction of sp³-hybridized carbons (Fsp3) is 0.641. The summed E-state index contributed by atoms with van der Waals surface area (Å²) in [7, 11) is 14.6. The highest BCUT2D eigenvalue weighted by molar-refractivity contribution is 7.80. The van der Waals surface area contributed by atoms with Crippen LogP contribution < -0.4 is 29.9 Å². The number of nitrogens with zero attached hydrogens (tertiary/aromatic N) is 4. The lowest BCUT2D eigenvalue weighted by Gasteiger charge is -2.42. The average Bonchev–Trinajstić information content (AvgIpc) is 1.58. The Morgan fingerprint density at radius 2 is 1.04 bits per heavy atom. The molecule has 8 rings (SSSR count). The number of methoxy groups -OCH3 is 4. The normalized spacial score (nSPS) is 31.4. The van der Waals surface area contributed by atoms with Gasteiger partial charge >= 0.3 is 24.1 Å². The standard InChI is InChI=1S/C39H56ClN3O10.C37H52ClN3O10S.2CH4/c1-22-13-12-14-29(50-11)39(48)21-28(51-36(47)41-39)23(2)34-38(7,53-34)30(52-35(46)24(3)42(8)31(44)15-16-37(4,5)6)20-32(45)43(9)26-18-25(17-22)19-27(49-10)33(26)40;1-20-11-10-12-28(48-9)37(46)19-27(49-35(45)39-37)22(3)33-36(5,51-33)29(50-34(44)23(4)40(6)30(42)14-13-21(2)52)18-31(43)41(7)25-16-24(15-20)17-26(47-8)32(25)38;;/h12-14,18-19,23-24,28-30,34,48H,15-17,20-21H2,1-11H3,(H,41,47);10-12,16-17,21-23,27-29,33,46,52H,13-15,18-19H2,1-9H3,(H,39,45);2*1H4/b14-12+,22-13+;12-10+,20-11+;;/t23?,24-,28?,29?,30?,34?,38?,39?;21?,22?,23-,27?,28?,29?,33?,36?,37?;;/m00../s1/i;;2*1D. The predicted molar refractivity (Wildman–Crippen MR) is 412 cm³/mol. The minimum absolute atomic E-state index is 0.00636. The number of fused-ring (bicyclic) bond motifs is 10. The molecule has 6 amide bonds. The predicted octanol–water partition coefficient (Wildman–Crippen LogP) is 11.2. The number of carbonyl (C=O) groups excluding carboxylic acids is 8. The third-order valence-electron chi connectivity index (χ3n) is 20.9. The summed E-state index contributed by atoms with van der Waals surface area (Å²) in [5.41, 5.74) is -1.86. The Morgan fingerprint density at radius 3 is 1.37 bits per heavy atom. The SMILES string of the molecule is COc1cc2cc(c1Cl)N(C)C(=O)CC(OC(=O)[C@H](C)N(C)C(=O)CCC(C)(C)C)C1(C)OC1C(C)C1CC(O)(NC(=O)O1)C(OC)/C=C/C=C(\C)C2.COc1cc2cc(c1Cl)N(C)C(=O)CC(OC(=O)[C@H](C)N(C)C(=O)CCC(C)S)C1(C)OC1C(C)C1CC(O)(NC(=O)O1)C(OC)/C=C/C=C(\C)C2.[2H]C.[2H]C. The second kappa shape index (κ2) is 37.2. The molecule has 107 heavy (non-hydrogen) atoms. The Hall–Kier alpha value is -6.95. The maximum atomic E-state index is 14.1. The summed E-state index contributed by atoms with van der Waals surface area (Å²) in [4.78, 5) is 113. The molecule has 2 aromatic rings. The summed E-state index contributed by atoms with van der Waals surface area (Å²) >= 11 is 17.9. The zero-order chi connectivity index (χ0) is 82.3. The van der Waals surface area contributed by atoms with E-state index >= 15 is 0 Å². The highest BCUT2D eigenvalue weighted by Crippen LogP contribution is 2.51. The molecule has 6 heterocycles. The number of alkyl carbamates (subject to hydrolysis) is 2. The number of hydrogen-bond acceptors (Lipinski definition) is 21. The van der Waals surface area contributed by atoms with E-state index in [1.807, 2.05) is 53.7 Å². The van der Waals surface area contributed by atoms with E-state index in [0.717, 1.165) is 22.3 Å². The summed E-state index contributed by atoms with van der Waals surface area (Å²) in [6.45, 7) is 22.0. The molecule has 6 aliphatic heterocycles. The molecule has 0 radical (unpaired) electrons. The molecule has 6 aliphatic rings. The van der Waals surface area contributed by atoms with E-state index in [9.17, 15) is 48.6 Å². The number of hydrogen-bond donors (Lipinski definition) is 5. The number of aliphatic hydroxyl groups is 2. The molecule has 8 bridgehead atoms. The number of benzene rings is 2. The lowest BCUT2D eigenvalue weighted by atomic mass is 9.83. The minimum Gasteiger partial charge on any atom is -0.495 e. The van der Waals surface area contributed by atoms with Crippen LogP contribution >= 0.6 is 35.8 Å². The lowest BCUT2D eigenvalue weighted by Crippen LogP contribution is -2.63. The maximum absolute atomic E-state index is 14.1. The molecule has 4 saturated heterocycles. The van der Waals surface area contributed by atoms with Crippen molar-refractivity contribution in [2.45, 2.75) is 251 Å². The van der Waals surface area contributed by atoms with Gasteiger partial charge in [-0.05, 0) is 113 Å². The van der Waals surface area contributed by atoms with Crippen molar-refractivity contribution in [3.05, 3.63) is 93.0 Å². The number of nitrogens with one attached hydrogen (secondary N) is 2. The first-order valence-corrected chi connectivity index (χ1v) is 36.6. The number of esters is 2. The molecule has 0 aromatic heterocycles. The van der Waals surface area contributed by atoms with Gasteiger partial charge in [0.2, 0.25) is 23.6 Å². The van der Waals surface area contributed by atoms with Crippen LogP contribution in [0.4, 0.5) is 21.0 Å². The topological polar surface area (TPSA) is 313 Å². The fourth-order valence-electron chi connectivity index (χ4n) is 13.6. The Labute approximate surface area is 650 Å². The van der Waals surface area contributed by atoms with Gasteiger partial charge in [-0.3, -0.25) is 29.8 Å². The van der Waals surface area contributed by atoms with Crippen molar-refractivity contribution in [1.29, 1.82) is 0 Å². The Bertz CT molecular complexity index is 3690. The second-order valence-corrected chi connectivity index (χ2v) is 31.9. The fourth-order valence-corrected chi connectivity index (χ4v) is 14.4. The van der Waals surface area contributed by atoms with Gasteiger partial charge in [-0.2, -0.15) is 12.6 Å². The van der Waals surface area contributed by atoms with Gasteiger partial charge in [-0.25, -0.2) is 19.2 Å². The monoisotopic (exact) mass is 1560 g/mol. The number of allylic oxidation sites excluding steroid dienone is 6. The molecule has 2 aromatic carbocycles. The number of anilines is 2. The number of rotatable bonds is 15. The van der Waals surface area contributed by atoms with Crippen LogP contribution in [0.5, 0.6) is 11.5 Å². The van der Waals surface area contributed by atoms with Crippen molar-refractivity contribution in [2.24, 2.45) is 17.3 Å². The van der Waals surface area contributed by atoms with Gasteiger partial charge in [0.1, 0.15) is 81.5 Å². The lowest BCUT2D eigenvalue weighted by molar-refractivity contribution is -0.162. The second-order valence-electron chi connectivity index (χ2n) is 30.3. The first kappa shape index (κ1) is 87.3. The van der Waals surface area contributed by atoms with Gasteiger partial charge in [0, 0.05) is 82.7 Å². The van der Waals surface area contributed by atoms with E-state index in [-0.39, 0.29) is 71.0 Å². The largest absolute Gasteiger partial charge is 0.495 e. The van der Waals surface area contributed by atoms with Gasteiger partial charge in [0.05, 0.1) is 50.6 Å². The van der Waals surface area contributed by atoms with Gasteiger partial charge in [0.15, 0.2) is 11.4 Å². The van der Waals surface area contributed by atoms with Crippen LogP contribution in [0.2, 0.25) is 10.0 Å². The number of carbonyl (C=O) groups is 8. The van der Waals surface area contributed by atoms with Crippen molar-refractivity contribution in [1.82, 2.24) is 20.4 Å². The molecule has 4 fully saturated rings. The molecule has 0 saturated carbocycles. The van der Waals surface area contributed by atoms with Gasteiger partial charge in [-0.1, -0.05) is 127 Å². The molecular weight excluding hydrogens is 1440 g/mol. The van der Waals surface area contributed by atoms with Crippen molar-refractivity contribution in [3.63, 3.8) is 0 Å². The molecule has 26 nitrogen and oxygen atoms in total. The summed E-state index contributed by atoms with van der Waals surface area (Å²) < 4.78 is 69.9. The van der Waals surface area contributed by atoms with Gasteiger partial charge in [0.25, 0.3) is 0 Å². The average molecular weight is 1560 g/mol. The number of likely N-dealkylation sites (N-methyl/N-ethyl adjacent to an activating group) is 2. The number of amides is 6. The van der Waals surface area contributed by atoms with Gasteiger partial charge < -0.3 is 77.2 Å². The van der Waals surface area contributed by atoms with Crippen LogP contribution in [0.15, 0.2) is 71.9 Å². The Morgan fingerprint density at radius 1 is 0.673 bits per heavy atom. The molecule has 29 heteroatoms. The molecule has 4 N–H and O–H groups in total. The van der Waals surface area contributed by atoms with E-state index in [2.05, 4.69) is 23.3 Å². The summed E-state index contributed by atoms with van der Waals surface area (Å²) in [5.74, 6) is -3.05. The quantitative estimate of drug-likeness (QED) is 0.0479.